The Kier molecular flexibility index (Phi) is 3.35. The third-order valence-corrected chi connectivity index (χ3v) is 4.15. The van der Waals surface area contributed by atoms with E-state index in [4.69, 9.17) is 4.74 Å². The number of benzene rings is 3. The van der Waals surface area contributed by atoms with E-state index in [1.54, 1.807) is 7.11 Å². The average Bonchev–Trinajstić information content (AvgIpc) is 3.02. The second kappa shape index (κ2) is 5.65. The van der Waals surface area contributed by atoms with Gasteiger partial charge in [0.25, 0.3) is 0 Å². The lowest BCUT2D eigenvalue weighted by Gasteiger charge is -2.04. The van der Waals surface area contributed by atoms with Crippen molar-refractivity contribution < 1.29 is 4.74 Å². The van der Waals surface area contributed by atoms with Gasteiger partial charge in [0.15, 0.2) is 0 Å². The van der Waals surface area contributed by atoms with Crippen LogP contribution in [0.4, 0.5) is 0 Å². The van der Waals surface area contributed by atoms with Crippen LogP contribution >= 0.6 is 0 Å². The molecule has 0 radical (unpaired) electrons. The highest BCUT2D eigenvalue weighted by atomic mass is 16.5. The highest BCUT2D eigenvalue weighted by Crippen LogP contribution is 2.33. The largest absolute Gasteiger partial charge is 0.497 e. The average molecular weight is 299 g/mol. The van der Waals surface area contributed by atoms with E-state index in [1.807, 2.05) is 18.2 Å². The van der Waals surface area contributed by atoms with E-state index >= 15 is 0 Å². The van der Waals surface area contributed by atoms with E-state index in [0.29, 0.717) is 0 Å². The molecule has 0 atom stereocenters. The first-order chi connectivity index (χ1) is 11.4. The number of aromatic nitrogens is 1. The maximum atomic E-state index is 5.26. The maximum Gasteiger partial charge on any atom is 0.118 e. The van der Waals surface area contributed by atoms with Gasteiger partial charge in [0, 0.05) is 22.8 Å². The molecule has 0 aliphatic heterocycles. The minimum absolute atomic E-state index is 0.876. The van der Waals surface area contributed by atoms with Crippen molar-refractivity contribution in [2.45, 2.75) is 0 Å². The Morgan fingerprint density at radius 1 is 0.739 bits per heavy atom. The number of ether oxygens (including phenoxy) is 1. The Bertz CT molecular complexity index is 937. The summed E-state index contributed by atoms with van der Waals surface area (Å²) in [5.41, 5.74) is 4.80. The van der Waals surface area contributed by atoms with Crippen LogP contribution < -0.4 is 4.74 Å². The van der Waals surface area contributed by atoms with Crippen molar-refractivity contribution in [1.82, 2.24) is 4.57 Å². The number of hydrogen-bond donors (Lipinski definition) is 0. The SMILES string of the molecule is COc1ccc(-c2cn(-c3ccccc3)c3ccccc23)cc1. The highest BCUT2D eigenvalue weighted by Gasteiger charge is 2.11. The quantitative estimate of drug-likeness (QED) is 0.500. The van der Waals surface area contributed by atoms with Gasteiger partial charge in [0.2, 0.25) is 0 Å². The normalized spacial score (nSPS) is 10.8. The van der Waals surface area contributed by atoms with Crippen LogP contribution in [0.1, 0.15) is 0 Å². The van der Waals surface area contributed by atoms with Gasteiger partial charge in [-0.1, -0.05) is 48.5 Å². The molecule has 1 aromatic heterocycles. The molecule has 1 heterocycles. The third kappa shape index (κ3) is 2.38. The zero-order chi connectivity index (χ0) is 15.6. The summed E-state index contributed by atoms with van der Waals surface area (Å²) in [5, 5.41) is 1.25. The first-order valence-corrected chi connectivity index (χ1v) is 7.67. The van der Waals surface area contributed by atoms with E-state index < -0.39 is 0 Å². The van der Waals surface area contributed by atoms with Crippen molar-refractivity contribution in [2.75, 3.05) is 7.11 Å². The maximum absolute atomic E-state index is 5.26. The highest BCUT2D eigenvalue weighted by molar-refractivity contribution is 5.97. The summed E-state index contributed by atoms with van der Waals surface area (Å²) in [6.07, 6.45) is 2.21. The van der Waals surface area contributed by atoms with Crippen LogP contribution in [0.2, 0.25) is 0 Å². The lowest BCUT2D eigenvalue weighted by molar-refractivity contribution is 0.415. The molecule has 112 valence electrons. The van der Waals surface area contributed by atoms with Crippen LogP contribution in [-0.4, -0.2) is 11.7 Å². The lowest BCUT2D eigenvalue weighted by Crippen LogP contribution is -1.90. The summed E-state index contributed by atoms with van der Waals surface area (Å²) in [6.45, 7) is 0. The number of rotatable bonds is 3. The molecule has 0 spiro atoms. The van der Waals surface area contributed by atoms with Crippen molar-refractivity contribution in [3.05, 3.63) is 85.1 Å². The molecule has 0 N–H and O–H groups in total. The Morgan fingerprint density at radius 2 is 1.43 bits per heavy atom. The van der Waals surface area contributed by atoms with E-state index in [9.17, 15) is 0 Å². The number of methoxy groups -OCH3 is 1. The van der Waals surface area contributed by atoms with E-state index in [-0.39, 0.29) is 0 Å². The predicted octanol–water partition coefficient (Wildman–Crippen LogP) is 5.31. The summed E-state index contributed by atoms with van der Waals surface area (Å²) < 4.78 is 7.51. The summed E-state index contributed by atoms with van der Waals surface area (Å²) in [6, 6.07) is 27.2. The van der Waals surface area contributed by atoms with Crippen molar-refractivity contribution in [3.63, 3.8) is 0 Å². The summed E-state index contributed by atoms with van der Waals surface area (Å²) in [5.74, 6) is 0.876. The molecule has 0 fully saturated rings. The third-order valence-electron chi connectivity index (χ3n) is 4.15. The summed E-state index contributed by atoms with van der Waals surface area (Å²) in [7, 11) is 1.69. The van der Waals surface area contributed by atoms with E-state index in [1.165, 1.54) is 27.7 Å². The second-order valence-corrected chi connectivity index (χ2v) is 5.49. The molecule has 2 heteroatoms. The smallest absolute Gasteiger partial charge is 0.118 e. The fourth-order valence-corrected chi connectivity index (χ4v) is 2.98. The van der Waals surface area contributed by atoms with Crippen molar-refractivity contribution in [3.8, 4) is 22.6 Å². The molecule has 2 nitrogen and oxygen atoms in total. The Labute approximate surface area is 135 Å². The molecule has 0 amide bonds. The van der Waals surface area contributed by atoms with Crippen molar-refractivity contribution in [1.29, 1.82) is 0 Å². The van der Waals surface area contributed by atoms with Gasteiger partial charge in [-0.3, -0.25) is 0 Å². The number of para-hydroxylation sites is 2. The summed E-state index contributed by atoms with van der Waals surface area (Å²) in [4.78, 5) is 0. The molecule has 0 aliphatic carbocycles. The first-order valence-electron chi connectivity index (χ1n) is 7.67. The van der Waals surface area contributed by atoms with Gasteiger partial charge in [-0.05, 0) is 35.9 Å². The standard InChI is InChI=1S/C21H17NO/c1-23-18-13-11-16(12-14-18)20-15-22(17-7-3-2-4-8-17)21-10-6-5-9-19(20)21/h2-15H,1H3. The Hall–Kier alpha value is -3.00. The molecule has 0 saturated heterocycles. The molecule has 23 heavy (non-hydrogen) atoms. The fraction of sp³-hybridized carbons (Fsp3) is 0.0476. The summed E-state index contributed by atoms with van der Waals surface area (Å²) >= 11 is 0. The van der Waals surface area contributed by atoms with Gasteiger partial charge in [-0.2, -0.15) is 0 Å². The second-order valence-electron chi connectivity index (χ2n) is 5.49. The lowest BCUT2D eigenvalue weighted by atomic mass is 10.0. The zero-order valence-electron chi connectivity index (χ0n) is 12.9. The van der Waals surface area contributed by atoms with Gasteiger partial charge >= 0.3 is 0 Å². The van der Waals surface area contributed by atoms with Gasteiger partial charge in [-0.25, -0.2) is 0 Å². The van der Waals surface area contributed by atoms with Gasteiger partial charge in [-0.15, -0.1) is 0 Å². The first kappa shape index (κ1) is 13.6. The van der Waals surface area contributed by atoms with Gasteiger partial charge in [0.1, 0.15) is 5.75 Å². The molecule has 4 aromatic rings. The molecule has 0 bridgehead atoms. The van der Waals surface area contributed by atoms with E-state index in [2.05, 4.69) is 71.4 Å². The van der Waals surface area contributed by atoms with Crippen LogP contribution in [0.3, 0.4) is 0 Å². The minimum Gasteiger partial charge on any atom is -0.497 e. The van der Waals surface area contributed by atoms with Crippen LogP contribution in [0.25, 0.3) is 27.7 Å². The fourth-order valence-electron chi connectivity index (χ4n) is 2.98. The predicted molar refractivity (Wildman–Crippen MR) is 95.3 cm³/mol. The minimum atomic E-state index is 0.876. The monoisotopic (exact) mass is 299 g/mol. The topological polar surface area (TPSA) is 14.2 Å². The van der Waals surface area contributed by atoms with Gasteiger partial charge in [0.05, 0.1) is 12.6 Å². The Balaban J connectivity index is 1.93. The molecule has 0 saturated carbocycles. The van der Waals surface area contributed by atoms with Crippen molar-refractivity contribution >= 4 is 10.9 Å². The van der Waals surface area contributed by atoms with Crippen LogP contribution in [-0.2, 0) is 0 Å². The molecule has 0 unspecified atom stereocenters. The van der Waals surface area contributed by atoms with Crippen LogP contribution in [0.5, 0.6) is 5.75 Å². The number of hydrogen-bond acceptors (Lipinski definition) is 1. The number of fused-ring (bicyclic) bond motifs is 1. The van der Waals surface area contributed by atoms with Gasteiger partial charge < -0.3 is 9.30 Å². The molecule has 0 aliphatic rings. The molecule has 3 aromatic carbocycles. The molecular weight excluding hydrogens is 282 g/mol. The zero-order valence-corrected chi connectivity index (χ0v) is 12.9. The van der Waals surface area contributed by atoms with E-state index in [0.717, 1.165) is 5.75 Å². The van der Waals surface area contributed by atoms with Crippen LogP contribution in [0.15, 0.2) is 85.1 Å². The molecular formula is C21H17NO. The van der Waals surface area contributed by atoms with Crippen molar-refractivity contribution in [2.24, 2.45) is 0 Å². The Morgan fingerprint density at radius 3 is 2.17 bits per heavy atom. The van der Waals surface area contributed by atoms with Crippen LogP contribution in [0, 0.1) is 0 Å². The molecule has 4 rings (SSSR count). The number of nitrogens with zero attached hydrogens (tertiary/aromatic N) is 1.